The summed E-state index contributed by atoms with van der Waals surface area (Å²) >= 11 is 11.5. The van der Waals surface area contributed by atoms with Gasteiger partial charge in [-0.15, -0.1) is 0 Å². The molecule has 0 saturated heterocycles. The molecule has 4 nitrogen and oxygen atoms in total. The van der Waals surface area contributed by atoms with Crippen molar-refractivity contribution in [3.05, 3.63) is 46.0 Å². The van der Waals surface area contributed by atoms with E-state index in [0.29, 0.717) is 10.0 Å². The molecule has 0 spiro atoms. The average molecular weight is 274 g/mol. The maximum absolute atomic E-state index is 11.2. The Bertz CT molecular complexity index is 472. The average Bonchev–Trinajstić information content (AvgIpc) is 2.28. The van der Waals surface area contributed by atoms with Crippen molar-refractivity contribution in [1.82, 2.24) is 5.32 Å². The molecule has 0 radical (unpaired) electrons. The highest BCUT2D eigenvalue weighted by atomic mass is 35.5. The fourth-order valence-corrected chi connectivity index (χ4v) is 1.37. The van der Waals surface area contributed by atoms with Crippen molar-refractivity contribution in [1.29, 1.82) is 0 Å². The number of halogens is 2. The first-order chi connectivity index (χ1) is 7.99. The van der Waals surface area contributed by atoms with Crippen LogP contribution in [0.1, 0.15) is 5.56 Å². The molecule has 0 aliphatic carbocycles. The van der Waals surface area contributed by atoms with Gasteiger partial charge < -0.3 is 10.4 Å². The van der Waals surface area contributed by atoms with Gasteiger partial charge in [0.25, 0.3) is 0 Å². The van der Waals surface area contributed by atoms with E-state index in [0.717, 1.165) is 17.7 Å². The van der Waals surface area contributed by atoms with E-state index >= 15 is 0 Å². The van der Waals surface area contributed by atoms with Crippen LogP contribution in [-0.4, -0.2) is 17.0 Å². The third-order valence-corrected chi connectivity index (χ3v) is 2.57. The summed E-state index contributed by atoms with van der Waals surface area (Å²) in [5, 5.41) is 11.7. The molecule has 0 fully saturated rings. The highest BCUT2D eigenvalue weighted by Crippen LogP contribution is 2.22. The van der Waals surface area contributed by atoms with E-state index in [1.165, 1.54) is 0 Å². The van der Waals surface area contributed by atoms with E-state index in [2.05, 4.69) is 5.32 Å². The van der Waals surface area contributed by atoms with Gasteiger partial charge in [0.05, 0.1) is 10.0 Å². The second-order valence-electron chi connectivity index (χ2n) is 3.14. The Labute approximate surface area is 108 Å². The number of aliphatic carboxylic acids is 1. The molecule has 0 atom stereocenters. The summed E-state index contributed by atoms with van der Waals surface area (Å²) in [5.74, 6) is -1.66. The SMILES string of the molecule is O=C(O)/C=C/C(=O)NCc1ccc(Cl)c(Cl)c1. The molecule has 0 bridgehead atoms. The molecule has 2 N–H and O–H groups in total. The molecule has 0 aliphatic heterocycles. The van der Waals surface area contributed by atoms with Gasteiger partial charge in [-0.1, -0.05) is 29.3 Å². The Morgan fingerprint density at radius 3 is 2.53 bits per heavy atom. The molecule has 1 amide bonds. The number of rotatable bonds is 4. The van der Waals surface area contributed by atoms with Crippen LogP contribution in [0.15, 0.2) is 30.4 Å². The number of carboxylic acids is 1. The summed E-state index contributed by atoms with van der Waals surface area (Å²) < 4.78 is 0. The Kier molecular flexibility index (Phi) is 5.00. The predicted molar refractivity (Wildman–Crippen MR) is 65.1 cm³/mol. The summed E-state index contributed by atoms with van der Waals surface area (Å²) in [6.07, 6.45) is 1.71. The molecule has 0 aromatic heterocycles. The van der Waals surface area contributed by atoms with Gasteiger partial charge in [0.15, 0.2) is 0 Å². The third kappa shape index (κ3) is 4.89. The van der Waals surface area contributed by atoms with Crippen molar-refractivity contribution in [2.24, 2.45) is 0 Å². The van der Waals surface area contributed by atoms with Crippen molar-refractivity contribution in [2.75, 3.05) is 0 Å². The van der Waals surface area contributed by atoms with Gasteiger partial charge in [0.2, 0.25) is 5.91 Å². The topological polar surface area (TPSA) is 66.4 Å². The van der Waals surface area contributed by atoms with Crippen LogP contribution in [0, 0.1) is 0 Å². The summed E-state index contributed by atoms with van der Waals surface area (Å²) in [6.45, 7) is 0.250. The first kappa shape index (κ1) is 13.5. The highest BCUT2D eigenvalue weighted by molar-refractivity contribution is 6.42. The van der Waals surface area contributed by atoms with E-state index in [-0.39, 0.29) is 6.54 Å². The minimum Gasteiger partial charge on any atom is -0.478 e. The molecule has 0 heterocycles. The second kappa shape index (κ2) is 6.27. The third-order valence-electron chi connectivity index (χ3n) is 1.83. The first-order valence-corrected chi connectivity index (χ1v) is 5.37. The van der Waals surface area contributed by atoms with Crippen LogP contribution in [0.5, 0.6) is 0 Å². The van der Waals surface area contributed by atoms with Crippen LogP contribution in [0.4, 0.5) is 0 Å². The number of benzene rings is 1. The normalized spacial score (nSPS) is 10.5. The van der Waals surface area contributed by atoms with Crippen molar-refractivity contribution in [3.63, 3.8) is 0 Å². The Morgan fingerprint density at radius 2 is 1.94 bits per heavy atom. The van der Waals surface area contributed by atoms with Crippen LogP contribution in [0.2, 0.25) is 10.0 Å². The molecule has 6 heteroatoms. The van der Waals surface area contributed by atoms with E-state index in [9.17, 15) is 9.59 Å². The van der Waals surface area contributed by atoms with Gasteiger partial charge in [-0.25, -0.2) is 4.79 Å². The van der Waals surface area contributed by atoms with Crippen molar-refractivity contribution in [2.45, 2.75) is 6.54 Å². The van der Waals surface area contributed by atoms with Crippen molar-refractivity contribution in [3.8, 4) is 0 Å². The summed E-state index contributed by atoms with van der Waals surface area (Å²) in [7, 11) is 0. The quantitative estimate of drug-likeness (QED) is 0.827. The monoisotopic (exact) mass is 273 g/mol. The zero-order valence-electron chi connectivity index (χ0n) is 8.61. The summed E-state index contributed by atoms with van der Waals surface area (Å²) in [5.41, 5.74) is 0.775. The predicted octanol–water partition coefficient (Wildman–Crippen LogP) is 2.25. The molecule has 1 rings (SSSR count). The van der Waals surface area contributed by atoms with Gasteiger partial charge in [-0.3, -0.25) is 4.79 Å². The smallest absolute Gasteiger partial charge is 0.328 e. The fourth-order valence-electron chi connectivity index (χ4n) is 1.04. The fraction of sp³-hybridized carbons (Fsp3) is 0.0909. The molecule has 90 valence electrons. The lowest BCUT2D eigenvalue weighted by Gasteiger charge is -2.03. The number of amides is 1. The van der Waals surface area contributed by atoms with Gasteiger partial charge >= 0.3 is 5.97 Å². The highest BCUT2D eigenvalue weighted by Gasteiger charge is 2.01. The molecular weight excluding hydrogens is 265 g/mol. The number of hydrogen-bond acceptors (Lipinski definition) is 2. The second-order valence-corrected chi connectivity index (χ2v) is 3.95. The Hall–Kier alpha value is -1.52. The minimum atomic E-state index is -1.17. The van der Waals surface area contributed by atoms with Crippen LogP contribution in [-0.2, 0) is 16.1 Å². The van der Waals surface area contributed by atoms with Crippen molar-refractivity contribution < 1.29 is 14.7 Å². The van der Waals surface area contributed by atoms with Crippen LogP contribution in [0.3, 0.4) is 0 Å². The first-order valence-electron chi connectivity index (χ1n) is 4.62. The number of carbonyl (C=O) groups is 2. The summed E-state index contributed by atoms with van der Waals surface area (Å²) in [6, 6.07) is 4.97. The standard InChI is InChI=1S/C11H9Cl2NO3/c12-8-2-1-7(5-9(8)13)6-14-10(15)3-4-11(16)17/h1-5H,6H2,(H,14,15)(H,16,17)/b4-3+. The van der Waals surface area contributed by atoms with E-state index in [1.807, 2.05) is 0 Å². The maximum Gasteiger partial charge on any atom is 0.328 e. The number of nitrogens with one attached hydrogen (secondary N) is 1. The van der Waals surface area contributed by atoms with E-state index in [4.69, 9.17) is 28.3 Å². The zero-order chi connectivity index (χ0) is 12.8. The minimum absolute atomic E-state index is 0.250. The Balaban J connectivity index is 2.53. The molecule has 0 unspecified atom stereocenters. The lowest BCUT2D eigenvalue weighted by atomic mass is 10.2. The van der Waals surface area contributed by atoms with Gasteiger partial charge in [-0.05, 0) is 17.7 Å². The molecule has 1 aromatic rings. The van der Waals surface area contributed by atoms with E-state index in [1.54, 1.807) is 18.2 Å². The zero-order valence-corrected chi connectivity index (χ0v) is 10.1. The van der Waals surface area contributed by atoms with E-state index < -0.39 is 11.9 Å². The molecule has 0 saturated carbocycles. The van der Waals surface area contributed by atoms with Gasteiger partial charge in [-0.2, -0.15) is 0 Å². The van der Waals surface area contributed by atoms with Gasteiger partial charge in [0.1, 0.15) is 0 Å². The molecular formula is C11H9Cl2NO3. The Morgan fingerprint density at radius 1 is 1.24 bits per heavy atom. The lowest BCUT2D eigenvalue weighted by molar-refractivity contribution is -0.131. The van der Waals surface area contributed by atoms with Crippen LogP contribution in [0.25, 0.3) is 0 Å². The number of hydrogen-bond donors (Lipinski definition) is 2. The van der Waals surface area contributed by atoms with Crippen molar-refractivity contribution >= 4 is 35.1 Å². The van der Waals surface area contributed by atoms with Crippen LogP contribution >= 0.6 is 23.2 Å². The molecule has 0 aliphatic rings. The molecule has 17 heavy (non-hydrogen) atoms. The van der Waals surface area contributed by atoms with Gasteiger partial charge in [0, 0.05) is 18.7 Å². The molecule has 1 aromatic carbocycles. The van der Waals surface area contributed by atoms with Crippen LogP contribution < -0.4 is 5.32 Å². The summed E-state index contributed by atoms with van der Waals surface area (Å²) in [4.78, 5) is 21.3. The maximum atomic E-state index is 11.2. The lowest BCUT2D eigenvalue weighted by Crippen LogP contribution is -2.20. The number of carbonyl (C=O) groups excluding carboxylic acids is 1. The number of carboxylic acid groups (broad SMARTS) is 1. The largest absolute Gasteiger partial charge is 0.478 e.